The molecule has 0 unspecified atom stereocenters. The molecule has 3 rings (SSSR count). The third-order valence-electron chi connectivity index (χ3n) is 4.29. The van der Waals surface area contributed by atoms with Gasteiger partial charge in [-0.15, -0.1) is 11.3 Å². The minimum absolute atomic E-state index is 0.0492. The van der Waals surface area contributed by atoms with E-state index in [-0.39, 0.29) is 18.6 Å². The molecule has 6 heteroatoms. The fourth-order valence-electron chi connectivity index (χ4n) is 2.99. The highest BCUT2D eigenvalue weighted by Gasteiger charge is 2.26. The van der Waals surface area contributed by atoms with Crippen molar-refractivity contribution in [1.29, 1.82) is 5.26 Å². The van der Waals surface area contributed by atoms with Crippen LogP contribution in [0.1, 0.15) is 28.8 Å². The Morgan fingerprint density at radius 1 is 1.33 bits per heavy atom. The second kappa shape index (κ2) is 8.02. The summed E-state index contributed by atoms with van der Waals surface area (Å²) in [4.78, 5) is 25.5. The van der Waals surface area contributed by atoms with Crippen LogP contribution in [-0.4, -0.2) is 12.6 Å². The first-order chi connectivity index (χ1) is 13.1. The first-order valence-electron chi connectivity index (χ1n) is 8.41. The van der Waals surface area contributed by atoms with Crippen LogP contribution in [0.25, 0.3) is 11.0 Å². The lowest BCUT2D eigenvalue weighted by Gasteiger charge is -2.19. The molecule has 0 radical (unpaired) electrons. The van der Waals surface area contributed by atoms with Crippen LogP contribution >= 0.6 is 11.3 Å². The summed E-state index contributed by atoms with van der Waals surface area (Å²) in [6.45, 7) is 5.91. The molecule has 1 atom stereocenters. The van der Waals surface area contributed by atoms with E-state index in [1.54, 1.807) is 25.1 Å². The maximum Gasteiger partial charge on any atom is 0.354 e. The molecule has 0 spiro atoms. The second-order valence-electron chi connectivity index (χ2n) is 5.87. The molecule has 2 heterocycles. The third kappa shape index (κ3) is 3.69. The van der Waals surface area contributed by atoms with E-state index in [1.807, 2.05) is 29.6 Å². The standard InChI is InChI=1S/C21H17NO4S/c1-3-25-20(23)13(2)15(19-9-6-10-27-19)11-16-14-7-4-5-8-18(14)26-21(24)17(16)12-22/h4-10,15H,2-3,11H2,1H3/t15-/m0/s1. The normalized spacial score (nSPS) is 11.7. The number of nitriles is 1. The Morgan fingerprint density at radius 3 is 2.78 bits per heavy atom. The quantitative estimate of drug-likeness (QED) is 0.365. The van der Waals surface area contributed by atoms with Gasteiger partial charge in [0.15, 0.2) is 0 Å². The number of fused-ring (bicyclic) bond motifs is 1. The van der Waals surface area contributed by atoms with Crippen molar-refractivity contribution < 1.29 is 13.9 Å². The number of esters is 1. The van der Waals surface area contributed by atoms with E-state index in [2.05, 4.69) is 6.58 Å². The molecular formula is C21H17NO4S. The predicted molar refractivity (Wildman–Crippen MR) is 104 cm³/mol. The molecular weight excluding hydrogens is 362 g/mol. The van der Waals surface area contributed by atoms with Gasteiger partial charge in [-0.1, -0.05) is 30.8 Å². The van der Waals surface area contributed by atoms with Crippen LogP contribution in [0.3, 0.4) is 0 Å². The number of hydrogen-bond donors (Lipinski definition) is 0. The summed E-state index contributed by atoms with van der Waals surface area (Å²) in [6, 6.07) is 12.8. The van der Waals surface area contributed by atoms with Crippen LogP contribution in [0.2, 0.25) is 0 Å². The lowest BCUT2D eigenvalue weighted by atomic mass is 9.88. The van der Waals surface area contributed by atoms with Gasteiger partial charge < -0.3 is 9.15 Å². The number of nitrogens with zero attached hydrogens (tertiary/aromatic N) is 1. The smallest absolute Gasteiger partial charge is 0.354 e. The Bertz CT molecular complexity index is 1090. The highest BCUT2D eigenvalue weighted by Crippen LogP contribution is 2.34. The summed E-state index contributed by atoms with van der Waals surface area (Å²) in [5, 5.41) is 12.1. The molecule has 0 N–H and O–H groups in total. The minimum atomic E-state index is -0.683. The number of ether oxygens (including phenoxy) is 1. The Hall–Kier alpha value is -3.17. The summed E-state index contributed by atoms with van der Waals surface area (Å²) in [7, 11) is 0. The number of carbonyl (C=O) groups excluding carboxylic acids is 1. The molecule has 27 heavy (non-hydrogen) atoms. The van der Waals surface area contributed by atoms with E-state index < -0.39 is 17.5 Å². The van der Waals surface area contributed by atoms with Crippen LogP contribution in [0, 0.1) is 11.3 Å². The number of para-hydroxylation sites is 1. The van der Waals surface area contributed by atoms with E-state index in [4.69, 9.17) is 9.15 Å². The molecule has 1 aromatic carbocycles. The maximum atomic E-state index is 12.3. The van der Waals surface area contributed by atoms with Crippen molar-refractivity contribution >= 4 is 28.3 Å². The van der Waals surface area contributed by atoms with Crippen molar-refractivity contribution in [2.45, 2.75) is 19.3 Å². The van der Waals surface area contributed by atoms with Gasteiger partial charge in [0.1, 0.15) is 17.2 Å². The van der Waals surface area contributed by atoms with E-state index in [0.29, 0.717) is 22.1 Å². The topological polar surface area (TPSA) is 80.3 Å². The fraction of sp³-hybridized carbons (Fsp3) is 0.190. The number of hydrogen-bond acceptors (Lipinski definition) is 6. The highest BCUT2D eigenvalue weighted by atomic mass is 32.1. The second-order valence-corrected chi connectivity index (χ2v) is 6.85. The lowest BCUT2D eigenvalue weighted by Crippen LogP contribution is -2.17. The van der Waals surface area contributed by atoms with E-state index in [1.165, 1.54) is 11.3 Å². The van der Waals surface area contributed by atoms with Crippen molar-refractivity contribution in [2.75, 3.05) is 6.61 Å². The third-order valence-corrected chi connectivity index (χ3v) is 5.27. The van der Waals surface area contributed by atoms with Gasteiger partial charge >= 0.3 is 11.6 Å². The van der Waals surface area contributed by atoms with Gasteiger partial charge in [-0.05, 0) is 36.4 Å². The average Bonchev–Trinajstić information content (AvgIpc) is 3.19. The molecule has 3 aromatic rings. The molecule has 0 saturated carbocycles. The van der Waals surface area contributed by atoms with Crippen molar-refractivity contribution in [3.63, 3.8) is 0 Å². The molecule has 0 bridgehead atoms. The van der Waals surface area contributed by atoms with Crippen LogP contribution in [0.5, 0.6) is 0 Å². The van der Waals surface area contributed by atoms with Crippen LogP contribution in [0.4, 0.5) is 0 Å². The largest absolute Gasteiger partial charge is 0.463 e. The molecule has 0 aliphatic rings. The summed E-state index contributed by atoms with van der Waals surface area (Å²) in [6.07, 6.45) is 0.271. The number of carbonyl (C=O) groups is 1. The summed E-state index contributed by atoms with van der Waals surface area (Å²) in [5.41, 5.74) is 0.515. The van der Waals surface area contributed by atoms with Crippen LogP contribution in [-0.2, 0) is 16.0 Å². The predicted octanol–water partition coefficient (Wildman–Crippen LogP) is 4.17. The summed E-state index contributed by atoms with van der Waals surface area (Å²) >= 11 is 1.48. The molecule has 5 nitrogen and oxygen atoms in total. The minimum Gasteiger partial charge on any atom is -0.463 e. The average molecular weight is 379 g/mol. The molecule has 0 saturated heterocycles. The van der Waals surface area contributed by atoms with Crippen molar-refractivity contribution in [1.82, 2.24) is 0 Å². The first kappa shape index (κ1) is 18.6. The van der Waals surface area contributed by atoms with Gasteiger partial charge in [-0.25, -0.2) is 9.59 Å². The van der Waals surface area contributed by atoms with Crippen LogP contribution < -0.4 is 5.63 Å². The van der Waals surface area contributed by atoms with Crippen molar-refractivity contribution in [2.24, 2.45) is 0 Å². The van der Waals surface area contributed by atoms with Gasteiger partial charge in [0.05, 0.1) is 6.61 Å². The summed E-state index contributed by atoms with van der Waals surface area (Å²) in [5.74, 6) is -0.886. The van der Waals surface area contributed by atoms with E-state index >= 15 is 0 Å². The Labute approximate surface area is 160 Å². The Kier molecular flexibility index (Phi) is 5.53. The Morgan fingerprint density at radius 2 is 2.11 bits per heavy atom. The lowest BCUT2D eigenvalue weighted by molar-refractivity contribution is -0.138. The number of rotatable bonds is 6. The fourth-order valence-corrected chi connectivity index (χ4v) is 3.86. The SMILES string of the molecule is C=C(C(=O)OCC)[C@H](Cc1c(C#N)c(=O)oc2ccccc12)c1cccs1. The number of benzene rings is 1. The molecule has 0 aliphatic heterocycles. The molecule has 0 fully saturated rings. The van der Waals surface area contributed by atoms with Gasteiger partial charge in [-0.3, -0.25) is 0 Å². The molecule has 136 valence electrons. The zero-order valence-electron chi connectivity index (χ0n) is 14.7. The monoisotopic (exact) mass is 379 g/mol. The molecule has 0 aliphatic carbocycles. The highest BCUT2D eigenvalue weighted by molar-refractivity contribution is 7.10. The Balaban J connectivity index is 2.15. The molecule has 2 aromatic heterocycles. The van der Waals surface area contributed by atoms with Gasteiger partial charge in [0.2, 0.25) is 0 Å². The summed E-state index contributed by atoms with van der Waals surface area (Å²) < 4.78 is 10.4. The number of thiophene rings is 1. The molecule has 0 amide bonds. The zero-order valence-corrected chi connectivity index (χ0v) is 15.5. The van der Waals surface area contributed by atoms with Gasteiger partial charge in [0.25, 0.3) is 0 Å². The zero-order chi connectivity index (χ0) is 19.4. The van der Waals surface area contributed by atoms with E-state index in [9.17, 15) is 14.9 Å². The van der Waals surface area contributed by atoms with Crippen molar-refractivity contribution in [3.05, 3.63) is 80.4 Å². The maximum absolute atomic E-state index is 12.3. The van der Waals surface area contributed by atoms with Gasteiger partial charge in [0, 0.05) is 21.8 Å². The van der Waals surface area contributed by atoms with E-state index in [0.717, 1.165) is 4.88 Å². The van der Waals surface area contributed by atoms with Crippen LogP contribution in [0.15, 0.2) is 63.1 Å². The van der Waals surface area contributed by atoms with Gasteiger partial charge in [-0.2, -0.15) is 5.26 Å². The first-order valence-corrected chi connectivity index (χ1v) is 9.28. The van der Waals surface area contributed by atoms with Crippen molar-refractivity contribution in [3.8, 4) is 6.07 Å².